The smallest absolute Gasteiger partial charge is 0.274 e. The Morgan fingerprint density at radius 3 is 2.52 bits per heavy atom. The van der Waals surface area contributed by atoms with E-state index in [0.717, 1.165) is 17.1 Å². The molecule has 0 aliphatic heterocycles. The second-order valence-corrected chi connectivity index (χ2v) is 6.79. The number of benzene rings is 2. The van der Waals surface area contributed by atoms with Gasteiger partial charge in [0, 0.05) is 24.3 Å². The lowest BCUT2D eigenvalue weighted by Gasteiger charge is -2.28. The molecule has 1 amide bonds. The van der Waals surface area contributed by atoms with Crippen molar-refractivity contribution in [1.29, 1.82) is 0 Å². The van der Waals surface area contributed by atoms with Gasteiger partial charge < -0.3 is 10.2 Å². The van der Waals surface area contributed by atoms with Crippen LogP contribution in [0.2, 0.25) is 0 Å². The fourth-order valence-electron chi connectivity index (χ4n) is 2.85. The van der Waals surface area contributed by atoms with Crippen molar-refractivity contribution in [2.75, 3.05) is 10.2 Å². The molecule has 0 saturated heterocycles. The van der Waals surface area contributed by atoms with Gasteiger partial charge in [-0.15, -0.1) is 0 Å². The Labute approximate surface area is 160 Å². The standard InChI is InChI=1S/C22H24N4O/c1-16(2)26(14-18-9-5-4-6-10-18)21-13-20(23-15-24-21)22(27)25-19-11-7-8-17(3)12-19/h4-13,15-16H,14H2,1-3H3,(H,25,27). The van der Waals surface area contributed by atoms with Crippen LogP contribution in [-0.4, -0.2) is 21.9 Å². The Kier molecular flexibility index (Phi) is 5.81. The first-order valence-electron chi connectivity index (χ1n) is 9.03. The number of amides is 1. The normalized spacial score (nSPS) is 10.7. The van der Waals surface area contributed by atoms with E-state index < -0.39 is 0 Å². The highest BCUT2D eigenvalue weighted by molar-refractivity contribution is 6.03. The van der Waals surface area contributed by atoms with Gasteiger partial charge in [-0.1, -0.05) is 42.5 Å². The maximum atomic E-state index is 12.6. The number of rotatable bonds is 6. The summed E-state index contributed by atoms with van der Waals surface area (Å²) >= 11 is 0. The number of nitrogens with one attached hydrogen (secondary N) is 1. The van der Waals surface area contributed by atoms with Crippen LogP contribution in [0, 0.1) is 6.92 Å². The number of carbonyl (C=O) groups is 1. The number of carbonyl (C=O) groups excluding carboxylic acids is 1. The largest absolute Gasteiger partial charge is 0.350 e. The molecule has 0 spiro atoms. The number of hydrogen-bond donors (Lipinski definition) is 1. The molecule has 0 unspecified atom stereocenters. The zero-order chi connectivity index (χ0) is 19.2. The summed E-state index contributed by atoms with van der Waals surface area (Å²) in [6.07, 6.45) is 1.45. The summed E-state index contributed by atoms with van der Waals surface area (Å²) in [5.74, 6) is 0.492. The van der Waals surface area contributed by atoms with Gasteiger partial charge in [-0.3, -0.25) is 4.79 Å². The summed E-state index contributed by atoms with van der Waals surface area (Å²) in [5, 5.41) is 2.90. The molecule has 138 valence electrons. The van der Waals surface area contributed by atoms with E-state index in [-0.39, 0.29) is 11.9 Å². The van der Waals surface area contributed by atoms with Gasteiger partial charge in [-0.25, -0.2) is 9.97 Å². The van der Waals surface area contributed by atoms with E-state index in [9.17, 15) is 4.79 Å². The molecule has 27 heavy (non-hydrogen) atoms. The van der Waals surface area contributed by atoms with Gasteiger partial charge in [-0.2, -0.15) is 0 Å². The van der Waals surface area contributed by atoms with Gasteiger partial charge in [0.25, 0.3) is 5.91 Å². The summed E-state index contributed by atoms with van der Waals surface area (Å²) < 4.78 is 0. The van der Waals surface area contributed by atoms with Gasteiger partial charge >= 0.3 is 0 Å². The first-order valence-corrected chi connectivity index (χ1v) is 9.03. The third kappa shape index (κ3) is 4.91. The zero-order valence-corrected chi connectivity index (χ0v) is 15.9. The van der Waals surface area contributed by atoms with E-state index in [2.05, 4.69) is 46.2 Å². The lowest BCUT2D eigenvalue weighted by Crippen LogP contribution is -2.31. The molecule has 1 aromatic heterocycles. The summed E-state index contributed by atoms with van der Waals surface area (Å²) in [6.45, 7) is 6.92. The van der Waals surface area contributed by atoms with E-state index in [1.165, 1.54) is 11.9 Å². The van der Waals surface area contributed by atoms with Gasteiger partial charge in [0.15, 0.2) is 0 Å². The minimum Gasteiger partial charge on any atom is -0.350 e. The van der Waals surface area contributed by atoms with Crippen molar-refractivity contribution in [2.24, 2.45) is 0 Å². The highest BCUT2D eigenvalue weighted by Gasteiger charge is 2.16. The molecule has 1 heterocycles. The van der Waals surface area contributed by atoms with Crippen molar-refractivity contribution in [1.82, 2.24) is 9.97 Å². The molecule has 1 N–H and O–H groups in total. The molecule has 2 aromatic carbocycles. The molecule has 3 rings (SSSR count). The lowest BCUT2D eigenvalue weighted by molar-refractivity contribution is 0.102. The van der Waals surface area contributed by atoms with E-state index in [1.807, 2.05) is 49.4 Å². The van der Waals surface area contributed by atoms with Crippen molar-refractivity contribution in [2.45, 2.75) is 33.4 Å². The number of aryl methyl sites for hydroxylation is 1. The molecule has 0 atom stereocenters. The zero-order valence-electron chi connectivity index (χ0n) is 15.9. The second-order valence-electron chi connectivity index (χ2n) is 6.79. The number of aromatic nitrogens is 2. The number of nitrogens with zero attached hydrogens (tertiary/aromatic N) is 3. The Morgan fingerprint density at radius 1 is 1.04 bits per heavy atom. The fraction of sp³-hybridized carbons (Fsp3) is 0.227. The van der Waals surface area contributed by atoms with Crippen LogP contribution in [0.15, 0.2) is 67.0 Å². The van der Waals surface area contributed by atoms with E-state index >= 15 is 0 Å². The van der Waals surface area contributed by atoms with E-state index in [4.69, 9.17) is 0 Å². The number of hydrogen-bond acceptors (Lipinski definition) is 4. The van der Waals surface area contributed by atoms with Crippen LogP contribution in [-0.2, 0) is 6.54 Å². The van der Waals surface area contributed by atoms with E-state index in [1.54, 1.807) is 6.07 Å². The molecule has 5 nitrogen and oxygen atoms in total. The molecular formula is C22H24N4O. The highest BCUT2D eigenvalue weighted by Crippen LogP contribution is 2.19. The maximum absolute atomic E-state index is 12.6. The molecular weight excluding hydrogens is 336 g/mol. The lowest BCUT2D eigenvalue weighted by atomic mass is 10.2. The van der Waals surface area contributed by atoms with Gasteiger partial charge in [0.1, 0.15) is 17.8 Å². The second kappa shape index (κ2) is 8.45. The average Bonchev–Trinajstić information content (AvgIpc) is 2.67. The van der Waals surface area contributed by atoms with Gasteiger partial charge in [0.05, 0.1) is 0 Å². The summed E-state index contributed by atoms with van der Waals surface area (Å²) in [6, 6.07) is 19.9. The number of anilines is 2. The van der Waals surface area contributed by atoms with Crippen molar-refractivity contribution in [3.05, 3.63) is 83.8 Å². The third-order valence-electron chi connectivity index (χ3n) is 4.27. The molecule has 0 bridgehead atoms. The van der Waals surface area contributed by atoms with Gasteiger partial charge in [0.2, 0.25) is 0 Å². The van der Waals surface area contributed by atoms with E-state index in [0.29, 0.717) is 12.2 Å². The van der Waals surface area contributed by atoms with Crippen LogP contribution in [0.3, 0.4) is 0 Å². The fourth-order valence-corrected chi connectivity index (χ4v) is 2.85. The van der Waals surface area contributed by atoms with Crippen molar-refractivity contribution in [3.8, 4) is 0 Å². The quantitative estimate of drug-likeness (QED) is 0.705. The SMILES string of the molecule is Cc1cccc(NC(=O)c2cc(N(Cc3ccccc3)C(C)C)ncn2)c1. The summed E-state index contributed by atoms with van der Waals surface area (Å²) in [4.78, 5) is 23.3. The average molecular weight is 360 g/mol. The van der Waals surface area contributed by atoms with Crippen LogP contribution >= 0.6 is 0 Å². The topological polar surface area (TPSA) is 58.1 Å². The van der Waals surface area contributed by atoms with Crippen molar-refractivity contribution >= 4 is 17.4 Å². The summed E-state index contributed by atoms with van der Waals surface area (Å²) in [5.41, 5.74) is 3.38. The van der Waals surface area contributed by atoms with Crippen LogP contribution in [0.5, 0.6) is 0 Å². The summed E-state index contributed by atoms with van der Waals surface area (Å²) in [7, 11) is 0. The first kappa shape index (κ1) is 18.6. The third-order valence-corrected chi connectivity index (χ3v) is 4.27. The maximum Gasteiger partial charge on any atom is 0.274 e. The Bertz CT molecular complexity index is 909. The highest BCUT2D eigenvalue weighted by atomic mass is 16.1. The van der Waals surface area contributed by atoms with Crippen LogP contribution < -0.4 is 10.2 Å². The molecule has 0 fully saturated rings. The van der Waals surface area contributed by atoms with Crippen LogP contribution in [0.25, 0.3) is 0 Å². The Morgan fingerprint density at radius 2 is 1.81 bits per heavy atom. The monoisotopic (exact) mass is 360 g/mol. The van der Waals surface area contributed by atoms with Crippen LogP contribution in [0.1, 0.15) is 35.5 Å². The van der Waals surface area contributed by atoms with Crippen molar-refractivity contribution in [3.63, 3.8) is 0 Å². The molecule has 0 saturated carbocycles. The predicted octanol–water partition coefficient (Wildman–Crippen LogP) is 4.45. The Balaban J connectivity index is 1.81. The molecule has 0 aliphatic rings. The first-order chi connectivity index (χ1) is 13.0. The van der Waals surface area contributed by atoms with Crippen LogP contribution in [0.4, 0.5) is 11.5 Å². The molecule has 0 aliphatic carbocycles. The minimum absolute atomic E-state index is 0.229. The molecule has 3 aromatic rings. The Hall–Kier alpha value is -3.21. The molecule has 0 radical (unpaired) electrons. The minimum atomic E-state index is -0.243. The molecule has 5 heteroatoms. The van der Waals surface area contributed by atoms with Crippen molar-refractivity contribution < 1.29 is 4.79 Å². The van der Waals surface area contributed by atoms with Gasteiger partial charge in [-0.05, 0) is 44.0 Å². The predicted molar refractivity (Wildman–Crippen MR) is 109 cm³/mol.